The molecule has 1 rings (SSSR count). The number of likely N-dealkylation sites (N-methyl/N-ethyl adjacent to an activating group) is 1. The second-order valence-electron chi connectivity index (χ2n) is 4.96. The van der Waals surface area contributed by atoms with Crippen LogP contribution in [0, 0.1) is 5.82 Å². The number of benzene rings is 1. The summed E-state index contributed by atoms with van der Waals surface area (Å²) in [6, 6.07) is 6.36. The third-order valence-electron chi connectivity index (χ3n) is 2.41. The lowest BCUT2D eigenvalue weighted by Crippen LogP contribution is -2.45. The first-order valence-electron chi connectivity index (χ1n) is 5.71. The molecule has 2 N–H and O–H groups in total. The number of aliphatic hydroxyl groups is 1. The first-order chi connectivity index (χ1) is 7.89. The highest BCUT2D eigenvalue weighted by Crippen LogP contribution is 2.05. The number of hydrogen-bond acceptors (Lipinski definition) is 3. The smallest absolute Gasteiger partial charge is 0.123 e. The first-order valence-corrected chi connectivity index (χ1v) is 5.71. The van der Waals surface area contributed by atoms with Crippen molar-refractivity contribution in [3.8, 4) is 0 Å². The van der Waals surface area contributed by atoms with E-state index in [1.165, 1.54) is 12.1 Å². The Bertz CT molecular complexity index is 336. The molecule has 1 atom stereocenters. The van der Waals surface area contributed by atoms with E-state index in [0.717, 1.165) is 5.56 Å². The molecule has 1 unspecified atom stereocenters. The highest BCUT2D eigenvalue weighted by atomic mass is 19.1. The fraction of sp³-hybridized carbons (Fsp3) is 0.538. The van der Waals surface area contributed by atoms with Crippen molar-refractivity contribution in [3.05, 3.63) is 35.6 Å². The molecule has 0 spiro atoms. The van der Waals surface area contributed by atoms with Crippen molar-refractivity contribution in [1.82, 2.24) is 10.2 Å². The summed E-state index contributed by atoms with van der Waals surface area (Å²) in [6.45, 7) is 3.53. The summed E-state index contributed by atoms with van der Waals surface area (Å²) in [5.41, 5.74) is 0.246. The van der Waals surface area contributed by atoms with Crippen LogP contribution in [0.4, 0.5) is 4.39 Å². The van der Waals surface area contributed by atoms with Crippen molar-refractivity contribution in [1.29, 1.82) is 0 Å². The normalized spacial score (nSPS) is 14.9. The number of nitrogens with zero attached hydrogens (tertiary/aromatic N) is 1. The zero-order valence-corrected chi connectivity index (χ0v) is 10.7. The van der Waals surface area contributed by atoms with Crippen LogP contribution in [0.3, 0.4) is 0 Å². The van der Waals surface area contributed by atoms with Gasteiger partial charge in [-0.1, -0.05) is 12.1 Å². The molecule has 0 radical (unpaired) electrons. The predicted molar refractivity (Wildman–Crippen MR) is 67.3 cm³/mol. The molecule has 3 nitrogen and oxygen atoms in total. The van der Waals surface area contributed by atoms with Crippen LogP contribution in [0.15, 0.2) is 24.3 Å². The molecule has 0 saturated heterocycles. The van der Waals surface area contributed by atoms with E-state index >= 15 is 0 Å². The van der Waals surface area contributed by atoms with Crippen LogP contribution in [0.1, 0.15) is 12.5 Å². The number of halogens is 1. The molecule has 1 aromatic rings. The fourth-order valence-electron chi connectivity index (χ4n) is 1.82. The van der Waals surface area contributed by atoms with E-state index in [4.69, 9.17) is 0 Å². The minimum Gasteiger partial charge on any atom is -0.388 e. The van der Waals surface area contributed by atoms with Crippen molar-refractivity contribution >= 4 is 0 Å². The van der Waals surface area contributed by atoms with E-state index < -0.39 is 5.60 Å². The molecule has 0 bridgehead atoms. The standard InChI is InChI=1S/C13H21FN2O/c1-13(17,10-16(2)3)9-15-8-11-4-6-12(14)7-5-11/h4-7,15,17H,8-10H2,1-3H3. The molecule has 17 heavy (non-hydrogen) atoms. The summed E-state index contributed by atoms with van der Waals surface area (Å²) in [6.07, 6.45) is 0. The zero-order chi connectivity index (χ0) is 12.9. The highest BCUT2D eigenvalue weighted by molar-refractivity contribution is 5.15. The second kappa shape index (κ2) is 6.10. The van der Waals surface area contributed by atoms with Gasteiger partial charge in [-0.25, -0.2) is 4.39 Å². The van der Waals surface area contributed by atoms with Gasteiger partial charge < -0.3 is 15.3 Å². The third kappa shape index (κ3) is 5.77. The van der Waals surface area contributed by atoms with E-state index in [0.29, 0.717) is 19.6 Å². The minimum absolute atomic E-state index is 0.228. The number of nitrogens with one attached hydrogen (secondary N) is 1. The van der Waals surface area contributed by atoms with E-state index in [1.54, 1.807) is 19.1 Å². The van der Waals surface area contributed by atoms with Gasteiger partial charge in [0, 0.05) is 19.6 Å². The molecule has 0 aromatic heterocycles. The van der Waals surface area contributed by atoms with E-state index in [-0.39, 0.29) is 5.82 Å². The van der Waals surface area contributed by atoms with E-state index in [2.05, 4.69) is 5.32 Å². The van der Waals surface area contributed by atoms with Crippen LogP contribution in [0.5, 0.6) is 0 Å². The lowest BCUT2D eigenvalue weighted by atomic mass is 10.1. The Kier molecular flexibility index (Phi) is 5.05. The highest BCUT2D eigenvalue weighted by Gasteiger charge is 2.20. The molecule has 0 saturated carbocycles. The van der Waals surface area contributed by atoms with Crippen LogP contribution < -0.4 is 5.32 Å². The predicted octanol–water partition coefficient (Wildman–Crippen LogP) is 1.23. The maximum atomic E-state index is 12.7. The second-order valence-corrected chi connectivity index (χ2v) is 4.96. The zero-order valence-electron chi connectivity index (χ0n) is 10.7. The molecule has 0 fully saturated rings. The Morgan fingerprint density at radius 2 is 1.88 bits per heavy atom. The Labute approximate surface area is 102 Å². The van der Waals surface area contributed by atoms with Crippen LogP contribution in [0.2, 0.25) is 0 Å². The monoisotopic (exact) mass is 240 g/mol. The number of rotatable bonds is 6. The van der Waals surface area contributed by atoms with Crippen LogP contribution in [-0.2, 0) is 6.54 Å². The largest absolute Gasteiger partial charge is 0.388 e. The quantitative estimate of drug-likeness (QED) is 0.785. The minimum atomic E-state index is -0.760. The molecule has 1 aromatic carbocycles. The molecule has 0 heterocycles. The Balaban J connectivity index is 2.34. The van der Waals surface area contributed by atoms with E-state index in [9.17, 15) is 9.50 Å². The van der Waals surface area contributed by atoms with Crippen molar-refractivity contribution in [2.75, 3.05) is 27.2 Å². The van der Waals surface area contributed by atoms with Crippen LogP contribution >= 0.6 is 0 Å². The Morgan fingerprint density at radius 1 is 1.29 bits per heavy atom. The molecule has 0 aliphatic carbocycles. The summed E-state index contributed by atoms with van der Waals surface area (Å²) in [5.74, 6) is -0.228. The average Bonchev–Trinajstić information content (AvgIpc) is 2.18. The Hall–Kier alpha value is -0.970. The Morgan fingerprint density at radius 3 is 2.41 bits per heavy atom. The summed E-state index contributed by atoms with van der Waals surface area (Å²) in [7, 11) is 3.85. The van der Waals surface area contributed by atoms with Gasteiger partial charge in [0.2, 0.25) is 0 Å². The molecule has 96 valence electrons. The molecular formula is C13H21FN2O. The first kappa shape index (κ1) is 14.1. The molecular weight excluding hydrogens is 219 g/mol. The van der Waals surface area contributed by atoms with Gasteiger partial charge in [0.25, 0.3) is 0 Å². The average molecular weight is 240 g/mol. The topological polar surface area (TPSA) is 35.5 Å². The van der Waals surface area contributed by atoms with Gasteiger partial charge in [-0.3, -0.25) is 0 Å². The molecule has 0 aliphatic rings. The maximum Gasteiger partial charge on any atom is 0.123 e. The maximum absolute atomic E-state index is 12.7. The fourth-order valence-corrected chi connectivity index (χ4v) is 1.82. The summed E-state index contributed by atoms with van der Waals surface area (Å²) < 4.78 is 12.7. The van der Waals surface area contributed by atoms with Crippen molar-refractivity contribution in [2.45, 2.75) is 19.1 Å². The van der Waals surface area contributed by atoms with Crippen molar-refractivity contribution in [3.63, 3.8) is 0 Å². The van der Waals surface area contributed by atoms with Crippen LogP contribution in [0.25, 0.3) is 0 Å². The van der Waals surface area contributed by atoms with E-state index in [1.807, 2.05) is 19.0 Å². The van der Waals surface area contributed by atoms with Gasteiger partial charge in [0.05, 0.1) is 5.60 Å². The van der Waals surface area contributed by atoms with Gasteiger partial charge >= 0.3 is 0 Å². The summed E-state index contributed by atoms with van der Waals surface area (Å²) in [4.78, 5) is 1.94. The van der Waals surface area contributed by atoms with Gasteiger partial charge in [-0.15, -0.1) is 0 Å². The third-order valence-corrected chi connectivity index (χ3v) is 2.41. The summed E-state index contributed by atoms with van der Waals surface area (Å²) in [5, 5.41) is 13.2. The van der Waals surface area contributed by atoms with Gasteiger partial charge in [-0.2, -0.15) is 0 Å². The van der Waals surface area contributed by atoms with Gasteiger partial charge in [0.1, 0.15) is 5.82 Å². The van der Waals surface area contributed by atoms with Crippen LogP contribution in [-0.4, -0.2) is 42.8 Å². The lowest BCUT2D eigenvalue weighted by Gasteiger charge is -2.27. The van der Waals surface area contributed by atoms with Crippen molar-refractivity contribution in [2.24, 2.45) is 0 Å². The molecule has 4 heteroatoms. The summed E-state index contributed by atoms with van der Waals surface area (Å²) >= 11 is 0. The van der Waals surface area contributed by atoms with Gasteiger partial charge in [-0.05, 0) is 38.7 Å². The lowest BCUT2D eigenvalue weighted by molar-refractivity contribution is 0.0336. The van der Waals surface area contributed by atoms with Gasteiger partial charge in [0.15, 0.2) is 0 Å². The SMILES string of the molecule is CN(C)CC(C)(O)CNCc1ccc(F)cc1. The van der Waals surface area contributed by atoms with Crippen molar-refractivity contribution < 1.29 is 9.50 Å². The molecule has 0 aliphatic heterocycles. The molecule has 0 amide bonds. The number of hydrogen-bond donors (Lipinski definition) is 2.